The molecule has 0 aliphatic heterocycles. The van der Waals surface area contributed by atoms with Crippen molar-refractivity contribution >= 4 is 39.8 Å². The average molecular weight is 446 g/mol. The first-order valence-electron chi connectivity index (χ1n) is 11.1. The van der Waals surface area contributed by atoms with Crippen molar-refractivity contribution in [3.8, 4) is 0 Å². The standard InChI is InChI=1S/C26H28ClN5/c1-4-32(5-2)26-29-18(3)15-22(31-26)11-9-19-7-6-8-21(16-19)30-24-13-14-28-25-17-20(27)10-12-23(24)25/h6-8,10,12-17H,4-5,9,11H2,1-3H3,(H,28,30). The third-order valence-corrected chi connectivity index (χ3v) is 5.76. The van der Waals surface area contributed by atoms with E-state index in [9.17, 15) is 0 Å². The molecule has 1 N–H and O–H groups in total. The zero-order valence-corrected chi connectivity index (χ0v) is 19.5. The van der Waals surface area contributed by atoms with Crippen LogP contribution in [-0.4, -0.2) is 28.0 Å². The van der Waals surface area contributed by atoms with E-state index < -0.39 is 0 Å². The van der Waals surface area contributed by atoms with Crippen molar-refractivity contribution in [1.29, 1.82) is 0 Å². The number of aromatic nitrogens is 3. The Bertz CT molecular complexity index is 1220. The quantitative estimate of drug-likeness (QED) is 0.342. The Morgan fingerprint density at radius 3 is 2.59 bits per heavy atom. The molecule has 5 nitrogen and oxygen atoms in total. The molecule has 0 radical (unpaired) electrons. The molecule has 2 aromatic heterocycles. The van der Waals surface area contributed by atoms with Crippen molar-refractivity contribution in [2.45, 2.75) is 33.6 Å². The molecule has 0 fully saturated rings. The summed E-state index contributed by atoms with van der Waals surface area (Å²) in [6.07, 6.45) is 3.59. The Labute approximate surface area is 194 Å². The van der Waals surface area contributed by atoms with E-state index in [1.165, 1.54) is 5.56 Å². The molecule has 0 spiro atoms. The fourth-order valence-corrected chi connectivity index (χ4v) is 4.02. The Morgan fingerprint density at radius 1 is 0.938 bits per heavy atom. The van der Waals surface area contributed by atoms with Crippen LogP contribution in [0.1, 0.15) is 30.8 Å². The summed E-state index contributed by atoms with van der Waals surface area (Å²) >= 11 is 6.12. The number of nitrogens with one attached hydrogen (secondary N) is 1. The molecule has 4 rings (SSSR count). The number of fused-ring (bicyclic) bond motifs is 1. The fourth-order valence-electron chi connectivity index (χ4n) is 3.86. The molecule has 4 aromatic rings. The molecule has 32 heavy (non-hydrogen) atoms. The summed E-state index contributed by atoms with van der Waals surface area (Å²) in [6, 6.07) is 18.4. The predicted molar refractivity (Wildman–Crippen MR) is 134 cm³/mol. The molecule has 0 bridgehead atoms. The van der Waals surface area contributed by atoms with Crippen LogP contribution in [0.25, 0.3) is 10.9 Å². The van der Waals surface area contributed by atoms with Crippen molar-refractivity contribution in [3.05, 3.63) is 82.8 Å². The van der Waals surface area contributed by atoms with E-state index in [-0.39, 0.29) is 0 Å². The molecule has 164 valence electrons. The lowest BCUT2D eigenvalue weighted by molar-refractivity contribution is 0.796. The molecular weight excluding hydrogens is 418 g/mol. The highest BCUT2D eigenvalue weighted by Crippen LogP contribution is 2.27. The van der Waals surface area contributed by atoms with E-state index in [2.05, 4.69) is 64.4 Å². The molecule has 0 saturated carbocycles. The van der Waals surface area contributed by atoms with E-state index in [1.54, 1.807) is 6.20 Å². The van der Waals surface area contributed by atoms with Gasteiger partial charge in [-0.25, -0.2) is 9.97 Å². The Morgan fingerprint density at radius 2 is 1.78 bits per heavy atom. The minimum Gasteiger partial charge on any atom is -0.355 e. The summed E-state index contributed by atoms with van der Waals surface area (Å²) in [7, 11) is 0. The highest BCUT2D eigenvalue weighted by Gasteiger charge is 2.09. The number of benzene rings is 2. The molecule has 0 aliphatic carbocycles. The Kier molecular flexibility index (Phi) is 6.86. The van der Waals surface area contributed by atoms with Gasteiger partial charge in [0.25, 0.3) is 0 Å². The first-order chi connectivity index (χ1) is 15.6. The number of nitrogens with zero attached hydrogens (tertiary/aromatic N) is 4. The number of aryl methyl sites for hydroxylation is 3. The van der Waals surface area contributed by atoms with Crippen LogP contribution in [0.2, 0.25) is 5.02 Å². The molecule has 0 unspecified atom stereocenters. The van der Waals surface area contributed by atoms with E-state index in [4.69, 9.17) is 16.6 Å². The number of hydrogen-bond acceptors (Lipinski definition) is 5. The lowest BCUT2D eigenvalue weighted by Crippen LogP contribution is -2.24. The normalized spacial score (nSPS) is 11.0. The highest BCUT2D eigenvalue weighted by molar-refractivity contribution is 6.31. The second-order valence-corrected chi connectivity index (χ2v) is 8.25. The Balaban J connectivity index is 1.50. The third-order valence-electron chi connectivity index (χ3n) is 5.52. The topological polar surface area (TPSA) is 53.9 Å². The lowest BCUT2D eigenvalue weighted by atomic mass is 10.1. The summed E-state index contributed by atoms with van der Waals surface area (Å²) in [5, 5.41) is 5.27. The van der Waals surface area contributed by atoms with Crippen LogP contribution in [0.5, 0.6) is 0 Å². The van der Waals surface area contributed by atoms with Gasteiger partial charge < -0.3 is 10.2 Å². The van der Waals surface area contributed by atoms with Crippen molar-refractivity contribution in [2.24, 2.45) is 0 Å². The van der Waals surface area contributed by atoms with Gasteiger partial charge in [-0.3, -0.25) is 4.98 Å². The average Bonchev–Trinajstić information content (AvgIpc) is 2.78. The molecule has 2 heterocycles. The SMILES string of the molecule is CCN(CC)c1nc(C)cc(CCc2cccc(Nc3ccnc4cc(Cl)ccc34)c2)n1. The van der Waals surface area contributed by atoms with Gasteiger partial charge in [-0.1, -0.05) is 23.7 Å². The largest absolute Gasteiger partial charge is 0.355 e. The van der Waals surface area contributed by atoms with E-state index >= 15 is 0 Å². The van der Waals surface area contributed by atoms with Gasteiger partial charge in [0.15, 0.2) is 0 Å². The number of hydrogen-bond donors (Lipinski definition) is 1. The van der Waals surface area contributed by atoms with Gasteiger partial charge >= 0.3 is 0 Å². The zero-order valence-electron chi connectivity index (χ0n) is 18.8. The maximum Gasteiger partial charge on any atom is 0.225 e. The van der Waals surface area contributed by atoms with Gasteiger partial charge in [-0.2, -0.15) is 0 Å². The molecule has 0 amide bonds. The van der Waals surface area contributed by atoms with Gasteiger partial charge in [0.2, 0.25) is 5.95 Å². The molecule has 2 aromatic carbocycles. The highest BCUT2D eigenvalue weighted by atomic mass is 35.5. The van der Waals surface area contributed by atoms with Crippen LogP contribution in [0, 0.1) is 6.92 Å². The smallest absolute Gasteiger partial charge is 0.225 e. The summed E-state index contributed by atoms with van der Waals surface area (Å²) < 4.78 is 0. The summed E-state index contributed by atoms with van der Waals surface area (Å²) in [4.78, 5) is 16.0. The molecule has 6 heteroatoms. The van der Waals surface area contributed by atoms with Crippen LogP contribution >= 0.6 is 11.6 Å². The first-order valence-corrected chi connectivity index (χ1v) is 11.4. The molecular formula is C26H28ClN5. The molecule has 0 atom stereocenters. The van der Waals surface area contributed by atoms with Crippen molar-refractivity contribution in [1.82, 2.24) is 15.0 Å². The fraction of sp³-hybridized carbons (Fsp3) is 0.269. The number of rotatable bonds is 8. The van der Waals surface area contributed by atoms with Crippen molar-refractivity contribution in [3.63, 3.8) is 0 Å². The van der Waals surface area contributed by atoms with Gasteiger partial charge in [0, 0.05) is 52.5 Å². The van der Waals surface area contributed by atoms with E-state index in [1.807, 2.05) is 31.2 Å². The van der Waals surface area contributed by atoms with E-state index in [0.717, 1.165) is 65.5 Å². The minimum atomic E-state index is 0.688. The third kappa shape index (κ3) is 5.17. The molecule has 0 aliphatic rings. The number of anilines is 3. The first kappa shape index (κ1) is 22.0. The van der Waals surface area contributed by atoms with Crippen molar-refractivity contribution in [2.75, 3.05) is 23.3 Å². The van der Waals surface area contributed by atoms with Gasteiger partial charge in [-0.05, 0) is 81.6 Å². The minimum absolute atomic E-state index is 0.688. The second kappa shape index (κ2) is 9.96. The second-order valence-electron chi connectivity index (χ2n) is 7.82. The van der Waals surface area contributed by atoms with Crippen LogP contribution in [-0.2, 0) is 12.8 Å². The Hall–Kier alpha value is -3.18. The van der Waals surface area contributed by atoms with Crippen LogP contribution in [0.4, 0.5) is 17.3 Å². The van der Waals surface area contributed by atoms with Gasteiger partial charge in [-0.15, -0.1) is 0 Å². The monoisotopic (exact) mass is 445 g/mol. The maximum atomic E-state index is 6.12. The summed E-state index contributed by atoms with van der Waals surface area (Å²) in [5.41, 5.74) is 6.29. The summed E-state index contributed by atoms with van der Waals surface area (Å²) in [6.45, 7) is 8.11. The number of pyridine rings is 1. The van der Waals surface area contributed by atoms with Crippen molar-refractivity contribution < 1.29 is 0 Å². The summed E-state index contributed by atoms with van der Waals surface area (Å²) in [5.74, 6) is 0.824. The molecule has 0 saturated heterocycles. The number of halogens is 1. The van der Waals surface area contributed by atoms with E-state index in [0.29, 0.717) is 5.02 Å². The van der Waals surface area contributed by atoms with Gasteiger partial charge in [0.1, 0.15) is 0 Å². The lowest BCUT2D eigenvalue weighted by Gasteiger charge is -2.19. The van der Waals surface area contributed by atoms with Crippen LogP contribution < -0.4 is 10.2 Å². The zero-order chi connectivity index (χ0) is 22.5. The van der Waals surface area contributed by atoms with Gasteiger partial charge in [0.05, 0.1) is 5.52 Å². The maximum absolute atomic E-state index is 6.12. The van der Waals surface area contributed by atoms with Crippen LogP contribution in [0.3, 0.4) is 0 Å². The predicted octanol–water partition coefficient (Wildman–Crippen LogP) is 6.36. The van der Waals surface area contributed by atoms with Crippen LogP contribution in [0.15, 0.2) is 60.8 Å².